The largest absolute Gasteiger partial charge is 0.478 e. The van der Waals surface area contributed by atoms with Crippen LogP contribution in [0.3, 0.4) is 0 Å². The summed E-state index contributed by atoms with van der Waals surface area (Å²) in [6.45, 7) is 0.385. The number of para-hydroxylation sites is 1. The van der Waals surface area contributed by atoms with Crippen molar-refractivity contribution < 1.29 is 19.7 Å². The fourth-order valence-corrected chi connectivity index (χ4v) is 6.76. The highest BCUT2D eigenvalue weighted by molar-refractivity contribution is 7.18. The second-order valence-corrected chi connectivity index (χ2v) is 11.7. The van der Waals surface area contributed by atoms with E-state index in [1.165, 1.54) is 16.9 Å². The number of aliphatic hydroxyl groups is 1. The van der Waals surface area contributed by atoms with Crippen LogP contribution < -0.4 is 0 Å². The smallest absolute Gasteiger partial charge is 0.335 e. The van der Waals surface area contributed by atoms with Gasteiger partial charge in [0.05, 0.1) is 50.4 Å². The van der Waals surface area contributed by atoms with Crippen LogP contribution in [0, 0.1) is 0 Å². The van der Waals surface area contributed by atoms with Crippen molar-refractivity contribution in [3.8, 4) is 5.69 Å². The fourth-order valence-electron chi connectivity index (χ4n) is 5.05. The van der Waals surface area contributed by atoms with Crippen molar-refractivity contribution in [2.24, 2.45) is 0 Å². The van der Waals surface area contributed by atoms with E-state index in [0.29, 0.717) is 64.5 Å². The van der Waals surface area contributed by atoms with Crippen molar-refractivity contribution in [2.45, 2.75) is 62.8 Å². The van der Waals surface area contributed by atoms with Crippen LogP contribution in [-0.2, 0) is 16.9 Å². The lowest BCUT2D eigenvalue weighted by Gasteiger charge is -2.34. The van der Waals surface area contributed by atoms with Crippen LogP contribution in [0.1, 0.15) is 71.1 Å². The van der Waals surface area contributed by atoms with E-state index in [4.69, 9.17) is 27.9 Å². The number of hydrogen-bond acceptors (Lipinski definition) is 6. The summed E-state index contributed by atoms with van der Waals surface area (Å²) >= 11 is 14.3. The zero-order chi connectivity index (χ0) is 25.7. The Labute approximate surface area is 227 Å². The Morgan fingerprint density at radius 2 is 1.86 bits per heavy atom. The van der Waals surface area contributed by atoms with Gasteiger partial charge in [0.25, 0.3) is 0 Å². The van der Waals surface area contributed by atoms with Crippen molar-refractivity contribution in [2.75, 3.05) is 0 Å². The number of hydrogen-bond donors (Lipinski definition) is 2. The van der Waals surface area contributed by atoms with Gasteiger partial charge in [-0.25, -0.2) is 14.5 Å². The van der Waals surface area contributed by atoms with Gasteiger partial charge in [0.15, 0.2) is 0 Å². The molecule has 37 heavy (non-hydrogen) atoms. The van der Waals surface area contributed by atoms with Crippen molar-refractivity contribution in [3.63, 3.8) is 0 Å². The maximum absolute atomic E-state index is 11.4. The lowest BCUT2D eigenvalue weighted by molar-refractivity contribution is -0.0648. The Balaban J connectivity index is 1.17. The number of benzene rings is 2. The second kappa shape index (κ2) is 9.67. The van der Waals surface area contributed by atoms with Crippen LogP contribution in [0.25, 0.3) is 15.9 Å². The molecular formula is C27H25Cl2N3O4S. The summed E-state index contributed by atoms with van der Waals surface area (Å²) in [5, 5.41) is 27.0. The van der Waals surface area contributed by atoms with E-state index < -0.39 is 11.6 Å². The standard InChI is InChI=1S/C27H25Cl2N3O4S/c28-19-2-1-3-20(29)24(19)32-22(18(13-30-32)15-4-5-15)14-36-17-8-10-27(35,11-9-17)26-31-21-7-6-16(25(33)34)12-23(21)37-26/h1-3,6-7,12-13,15,17,35H,4-5,8-11,14H2,(H,33,34)/t17-,27+. The van der Waals surface area contributed by atoms with Crippen LogP contribution in [0.5, 0.6) is 0 Å². The number of ether oxygens (including phenoxy) is 1. The first-order valence-electron chi connectivity index (χ1n) is 12.3. The van der Waals surface area contributed by atoms with E-state index in [1.54, 1.807) is 30.3 Å². The molecule has 2 aromatic heterocycles. The maximum atomic E-state index is 11.4. The van der Waals surface area contributed by atoms with Gasteiger partial charge >= 0.3 is 5.97 Å². The highest BCUT2D eigenvalue weighted by atomic mass is 35.5. The minimum Gasteiger partial charge on any atom is -0.478 e. The molecule has 2 saturated carbocycles. The molecule has 0 atom stereocenters. The Morgan fingerprint density at radius 1 is 1.14 bits per heavy atom. The van der Waals surface area contributed by atoms with Gasteiger partial charge in [0.2, 0.25) is 0 Å². The zero-order valence-electron chi connectivity index (χ0n) is 19.9. The molecule has 2 aliphatic carbocycles. The zero-order valence-corrected chi connectivity index (χ0v) is 22.2. The Morgan fingerprint density at radius 3 is 2.54 bits per heavy atom. The van der Waals surface area contributed by atoms with Gasteiger partial charge in [-0.15, -0.1) is 11.3 Å². The van der Waals surface area contributed by atoms with Gasteiger partial charge < -0.3 is 14.9 Å². The van der Waals surface area contributed by atoms with E-state index in [2.05, 4.69) is 10.1 Å². The number of fused-ring (bicyclic) bond motifs is 1. The SMILES string of the molecule is O=C(O)c1ccc2nc([C@]3(O)CC[C@@H](OCc4c(C5CC5)cnn4-c4c(Cl)cccc4Cl)CC3)sc2c1. The predicted molar refractivity (Wildman–Crippen MR) is 143 cm³/mol. The number of thiazole rings is 1. The normalized spacial score (nSPS) is 22.0. The minimum atomic E-state index is -1.04. The monoisotopic (exact) mass is 557 g/mol. The molecule has 2 aromatic carbocycles. The summed E-state index contributed by atoms with van der Waals surface area (Å²) in [5.41, 5.74) is 2.69. The topological polar surface area (TPSA) is 97.5 Å². The molecule has 7 nitrogen and oxygen atoms in total. The van der Waals surface area contributed by atoms with Crippen LogP contribution in [0.4, 0.5) is 0 Å². The summed E-state index contributed by atoms with van der Waals surface area (Å²) in [7, 11) is 0. The van der Waals surface area contributed by atoms with Crippen LogP contribution in [0.2, 0.25) is 10.0 Å². The number of aromatic carboxylic acids is 1. The van der Waals surface area contributed by atoms with Crippen LogP contribution in [-0.4, -0.2) is 37.1 Å². The Kier molecular flexibility index (Phi) is 6.49. The van der Waals surface area contributed by atoms with Crippen molar-refractivity contribution in [1.82, 2.24) is 14.8 Å². The number of rotatable bonds is 7. The van der Waals surface area contributed by atoms with E-state index in [-0.39, 0.29) is 11.7 Å². The number of carbonyl (C=O) groups is 1. The lowest BCUT2D eigenvalue weighted by atomic mass is 9.83. The number of aromatic nitrogens is 3. The number of carboxylic acid groups (broad SMARTS) is 1. The Bertz CT molecular complexity index is 1470. The van der Waals surface area contributed by atoms with Crippen LogP contribution >= 0.6 is 34.5 Å². The van der Waals surface area contributed by atoms with Gasteiger partial charge in [0, 0.05) is 0 Å². The molecule has 2 aliphatic rings. The lowest BCUT2D eigenvalue weighted by Crippen LogP contribution is -2.34. The molecule has 0 amide bonds. The van der Waals surface area contributed by atoms with Crippen molar-refractivity contribution in [1.29, 1.82) is 0 Å². The third-order valence-electron chi connectivity index (χ3n) is 7.32. The highest BCUT2D eigenvalue weighted by Crippen LogP contribution is 2.44. The average molecular weight is 558 g/mol. The highest BCUT2D eigenvalue weighted by Gasteiger charge is 2.38. The summed E-state index contributed by atoms with van der Waals surface area (Å²) in [4.78, 5) is 15.9. The number of nitrogens with zero attached hydrogens (tertiary/aromatic N) is 3. The fraction of sp³-hybridized carbons (Fsp3) is 0.370. The number of carboxylic acids is 1. The molecule has 0 bridgehead atoms. The molecule has 4 aromatic rings. The van der Waals surface area contributed by atoms with Gasteiger partial charge in [-0.05, 0) is 80.3 Å². The molecular weight excluding hydrogens is 533 g/mol. The third kappa shape index (κ3) is 4.77. The first kappa shape index (κ1) is 24.8. The molecule has 0 unspecified atom stereocenters. The quantitative estimate of drug-likeness (QED) is 0.262. The van der Waals surface area contributed by atoms with Gasteiger partial charge in [0.1, 0.15) is 16.3 Å². The second-order valence-electron chi connectivity index (χ2n) is 9.85. The molecule has 192 valence electrons. The summed E-state index contributed by atoms with van der Waals surface area (Å²) in [5.74, 6) is -0.484. The summed E-state index contributed by atoms with van der Waals surface area (Å²) in [6, 6.07) is 10.3. The van der Waals surface area contributed by atoms with E-state index in [0.717, 1.165) is 23.2 Å². The van der Waals surface area contributed by atoms with E-state index >= 15 is 0 Å². The molecule has 0 radical (unpaired) electrons. The molecule has 2 N–H and O–H groups in total. The average Bonchev–Trinajstić information content (AvgIpc) is 3.49. The van der Waals surface area contributed by atoms with E-state index in [9.17, 15) is 15.0 Å². The Hall–Kier alpha value is -2.49. The molecule has 2 fully saturated rings. The first-order valence-corrected chi connectivity index (χ1v) is 13.9. The summed E-state index contributed by atoms with van der Waals surface area (Å²) in [6.07, 6.45) is 6.59. The maximum Gasteiger partial charge on any atom is 0.335 e. The van der Waals surface area contributed by atoms with Gasteiger partial charge in [-0.2, -0.15) is 5.10 Å². The van der Waals surface area contributed by atoms with Gasteiger partial charge in [-0.1, -0.05) is 29.3 Å². The predicted octanol–water partition coefficient (Wildman–Crippen LogP) is 6.71. The van der Waals surface area contributed by atoms with E-state index in [1.807, 2.05) is 16.9 Å². The minimum absolute atomic E-state index is 0.00890. The molecule has 2 heterocycles. The van der Waals surface area contributed by atoms with Gasteiger partial charge in [-0.3, -0.25) is 0 Å². The molecule has 0 saturated heterocycles. The third-order valence-corrected chi connectivity index (χ3v) is 9.14. The van der Waals surface area contributed by atoms with Crippen molar-refractivity contribution in [3.05, 3.63) is 74.5 Å². The van der Waals surface area contributed by atoms with Crippen molar-refractivity contribution >= 4 is 50.7 Å². The first-order chi connectivity index (χ1) is 17.8. The van der Waals surface area contributed by atoms with Crippen LogP contribution in [0.15, 0.2) is 42.6 Å². The molecule has 10 heteroatoms. The molecule has 0 spiro atoms. The molecule has 6 rings (SSSR count). The molecule has 0 aliphatic heterocycles. The summed E-state index contributed by atoms with van der Waals surface area (Å²) < 4.78 is 8.95. The number of halogens is 2.